The molecule has 1 saturated carbocycles. The predicted molar refractivity (Wildman–Crippen MR) is 78.7 cm³/mol. The molecule has 1 aliphatic carbocycles. The lowest BCUT2D eigenvalue weighted by Gasteiger charge is -2.44. The van der Waals surface area contributed by atoms with Crippen molar-refractivity contribution in [3.8, 4) is 5.75 Å². The number of amides is 1. The molecule has 21 heavy (non-hydrogen) atoms. The summed E-state index contributed by atoms with van der Waals surface area (Å²) >= 11 is 0. The van der Waals surface area contributed by atoms with Gasteiger partial charge >= 0.3 is 0 Å². The first-order valence-electron chi connectivity index (χ1n) is 7.88. The number of carbonyl (C=O) groups excluding carboxylic acids is 1. The average Bonchev–Trinajstić information content (AvgIpc) is 2.51. The molecular formula is C17H22FNO2. The Bertz CT molecular complexity index is 528. The molecule has 3 nitrogen and oxygen atoms in total. The summed E-state index contributed by atoms with van der Waals surface area (Å²) in [5, 5.41) is 9.76. The summed E-state index contributed by atoms with van der Waals surface area (Å²) in [5.41, 5.74) is 0.508. The molecule has 0 unspecified atom stereocenters. The van der Waals surface area contributed by atoms with Gasteiger partial charge in [0.15, 0.2) is 0 Å². The van der Waals surface area contributed by atoms with E-state index in [4.69, 9.17) is 0 Å². The molecule has 3 rings (SSSR count). The van der Waals surface area contributed by atoms with Crippen molar-refractivity contribution in [2.75, 3.05) is 13.1 Å². The minimum absolute atomic E-state index is 0.0783. The summed E-state index contributed by atoms with van der Waals surface area (Å²) in [7, 11) is 0. The third kappa shape index (κ3) is 2.89. The van der Waals surface area contributed by atoms with Gasteiger partial charge in [-0.15, -0.1) is 0 Å². The number of nitrogens with zero attached hydrogens (tertiary/aromatic N) is 1. The Morgan fingerprint density at radius 3 is 2.43 bits per heavy atom. The van der Waals surface area contributed by atoms with Crippen LogP contribution in [0.25, 0.3) is 0 Å². The first kappa shape index (κ1) is 14.4. The Balaban J connectivity index is 1.69. The van der Waals surface area contributed by atoms with Crippen LogP contribution >= 0.6 is 0 Å². The fourth-order valence-corrected chi connectivity index (χ4v) is 3.84. The van der Waals surface area contributed by atoms with Crippen LogP contribution in [0.3, 0.4) is 0 Å². The number of benzene rings is 1. The van der Waals surface area contributed by atoms with Crippen molar-refractivity contribution in [2.45, 2.75) is 44.9 Å². The quantitative estimate of drug-likeness (QED) is 0.856. The molecule has 0 radical (unpaired) electrons. The first-order valence-corrected chi connectivity index (χ1v) is 7.88. The first-order chi connectivity index (χ1) is 10.1. The number of halogens is 1. The molecule has 114 valence electrons. The van der Waals surface area contributed by atoms with Gasteiger partial charge < -0.3 is 10.0 Å². The molecule has 2 fully saturated rings. The van der Waals surface area contributed by atoms with Gasteiger partial charge in [0.25, 0.3) is 5.91 Å². The number of carbonyl (C=O) groups is 1. The van der Waals surface area contributed by atoms with Crippen LogP contribution < -0.4 is 0 Å². The molecule has 1 N–H and O–H groups in total. The molecule has 4 heteroatoms. The van der Waals surface area contributed by atoms with Crippen LogP contribution in [0.4, 0.5) is 4.39 Å². The van der Waals surface area contributed by atoms with Gasteiger partial charge in [-0.1, -0.05) is 19.3 Å². The van der Waals surface area contributed by atoms with E-state index < -0.39 is 5.82 Å². The SMILES string of the molecule is O=C(c1cc(F)ccc1O)N1CCC2(CCCCC2)CC1. The highest BCUT2D eigenvalue weighted by Crippen LogP contribution is 2.44. The Labute approximate surface area is 124 Å². The van der Waals surface area contributed by atoms with Gasteiger partial charge in [0, 0.05) is 13.1 Å². The molecule has 1 aromatic rings. The third-order valence-corrected chi connectivity index (χ3v) is 5.21. The maximum Gasteiger partial charge on any atom is 0.257 e. The standard InChI is InChI=1S/C17H22FNO2/c18-13-4-5-15(20)14(12-13)16(21)19-10-8-17(9-11-19)6-2-1-3-7-17/h4-5,12,20H,1-3,6-11H2. The lowest BCUT2D eigenvalue weighted by Crippen LogP contribution is -2.43. The molecule has 1 aromatic carbocycles. The summed E-state index contributed by atoms with van der Waals surface area (Å²) in [6.07, 6.45) is 8.57. The molecule has 0 bridgehead atoms. The summed E-state index contributed by atoms with van der Waals surface area (Å²) in [5.74, 6) is -0.881. The van der Waals surface area contributed by atoms with Gasteiger partial charge in [-0.25, -0.2) is 4.39 Å². The highest BCUT2D eigenvalue weighted by molar-refractivity contribution is 5.96. The van der Waals surface area contributed by atoms with Gasteiger partial charge in [-0.05, 0) is 49.3 Å². The highest BCUT2D eigenvalue weighted by atomic mass is 19.1. The number of aromatic hydroxyl groups is 1. The predicted octanol–water partition coefficient (Wildman–Crippen LogP) is 3.72. The normalized spacial score (nSPS) is 21.5. The smallest absolute Gasteiger partial charge is 0.257 e. The van der Waals surface area contributed by atoms with Crippen LogP contribution in [-0.2, 0) is 0 Å². The van der Waals surface area contributed by atoms with E-state index in [2.05, 4.69) is 0 Å². The molecule has 1 aliphatic heterocycles. The second-order valence-electron chi connectivity index (χ2n) is 6.51. The van der Waals surface area contributed by atoms with Crippen LogP contribution in [0.15, 0.2) is 18.2 Å². The van der Waals surface area contributed by atoms with Crippen LogP contribution in [-0.4, -0.2) is 29.0 Å². The van der Waals surface area contributed by atoms with E-state index in [0.717, 1.165) is 32.0 Å². The topological polar surface area (TPSA) is 40.5 Å². The number of hydrogen-bond donors (Lipinski definition) is 1. The van der Waals surface area contributed by atoms with E-state index in [-0.39, 0.29) is 17.2 Å². The van der Waals surface area contributed by atoms with Crippen LogP contribution in [0.1, 0.15) is 55.3 Å². The number of phenols is 1. The fraction of sp³-hybridized carbons (Fsp3) is 0.588. The van der Waals surface area contributed by atoms with Crippen LogP contribution in [0.5, 0.6) is 5.75 Å². The molecule has 1 saturated heterocycles. The van der Waals surface area contributed by atoms with E-state index in [9.17, 15) is 14.3 Å². The van der Waals surface area contributed by atoms with Crippen LogP contribution in [0.2, 0.25) is 0 Å². The van der Waals surface area contributed by atoms with Crippen molar-refractivity contribution in [3.05, 3.63) is 29.6 Å². The Kier molecular flexibility index (Phi) is 3.87. The molecular weight excluding hydrogens is 269 g/mol. The molecule has 0 aromatic heterocycles. The Hall–Kier alpha value is -1.58. The second kappa shape index (κ2) is 5.66. The van der Waals surface area contributed by atoms with Crippen molar-refractivity contribution in [3.63, 3.8) is 0 Å². The maximum absolute atomic E-state index is 13.3. The van der Waals surface area contributed by atoms with E-state index >= 15 is 0 Å². The lowest BCUT2D eigenvalue weighted by molar-refractivity contribution is 0.0469. The Morgan fingerprint density at radius 1 is 1.10 bits per heavy atom. The lowest BCUT2D eigenvalue weighted by atomic mass is 9.68. The number of rotatable bonds is 1. The largest absolute Gasteiger partial charge is 0.507 e. The molecule has 0 atom stereocenters. The van der Waals surface area contributed by atoms with Gasteiger partial charge in [0.1, 0.15) is 11.6 Å². The molecule has 2 aliphatic rings. The summed E-state index contributed by atoms with van der Waals surface area (Å²) in [6.45, 7) is 1.43. The summed E-state index contributed by atoms with van der Waals surface area (Å²) in [4.78, 5) is 14.2. The van der Waals surface area contributed by atoms with Gasteiger partial charge in [0.2, 0.25) is 0 Å². The zero-order valence-electron chi connectivity index (χ0n) is 12.3. The van der Waals surface area contributed by atoms with Crippen molar-refractivity contribution in [1.29, 1.82) is 0 Å². The average molecular weight is 291 g/mol. The Morgan fingerprint density at radius 2 is 1.76 bits per heavy atom. The minimum atomic E-state index is -0.489. The summed E-state index contributed by atoms with van der Waals surface area (Å²) in [6, 6.07) is 3.54. The molecule has 1 amide bonds. The maximum atomic E-state index is 13.3. The van der Waals surface area contributed by atoms with Crippen LogP contribution in [0, 0.1) is 11.2 Å². The van der Waals surface area contributed by atoms with Crippen molar-refractivity contribution in [2.24, 2.45) is 5.41 Å². The molecule has 1 spiro atoms. The number of phenolic OH excluding ortho intramolecular Hbond substituents is 1. The fourth-order valence-electron chi connectivity index (χ4n) is 3.84. The van der Waals surface area contributed by atoms with Gasteiger partial charge in [-0.3, -0.25) is 4.79 Å². The van der Waals surface area contributed by atoms with E-state index in [1.807, 2.05) is 0 Å². The minimum Gasteiger partial charge on any atom is -0.507 e. The van der Waals surface area contributed by atoms with E-state index in [1.54, 1.807) is 4.90 Å². The van der Waals surface area contributed by atoms with E-state index in [0.29, 0.717) is 5.41 Å². The van der Waals surface area contributed by atoms with Gasteiger partial charge in [-0.2, -0.15) is 0 Å². The number of hydrogen-bond acceptors (Lipinski definition) is 2. The van der Waals surface area contributed by atoms with Crippen molar-refractivity contribution >= 4 is 5.91 Å². The zero-order valence-corrected chi connectivity index (χ0v) is 12.3. The van der Waals surface area contributed by atoms with Gasteiger partial charge in [0.05, 0.1) is 5.56 Å². The highest BCUT2D eigenvalue weighted by Gasteiger charge is 2.37. The number of piperidine rings is 1. The van der Waals surface area contributed by atoms with Crippen molar-refractivity contribution < 1.29 is 14.3 Å². The van der Waals surface area contributed by atoms with Crippen molar-refractivity contribution in [1.82, 2.24) is 4.90 Å². The zero-order chi connectivity index (χ0) is 14.9. The number of likely N-dealkylation sites (tertiary alicyclic amines) is 1. The molecule has 1 heterocycles. The monoisotopic (exact) mass is 291 g/mol. The second-order valence-corrected chi connectivity index (χ2v) is 6.51. The third-order valence-electron chi connectivity index (χ3n) is 5.21. The summed E-state index contributed by atoms with van der Waals surface area (Å²) < 4.78 is 13.3. The van der Waals surface area contributed by atoms with E-state index in [1.165, 1.54) is 44.2 Å².